The Kier molecular flexibility index (Phi) is 5.95. The monoisotopic (exact) mass is 285 g/mol. The molecule has 1 amide bonds. The van der Waals surface area contributed by atoms with Crippen molar-refractivity contribution in [1.29, 1.82) is 0 Å². The fourth-order valence-corrected chi connectivity index (χ4v) is 2.54. The van der Waals surface area contributed by atoms with Crippen molar-refractivity contribution in [2.75, 3.05) is 24.1 Å². The largest absolute Gasteiger partial charge is 0.486 e. The normalized spacial score (nSPS) is 10.6. The summed E-state index contributed by atoms with van der Waals surface area (Å²) < 4.78 is 5.73. The van der Waals surface area contributed by atoms with Crippen LogP contribution in [0.1, 0.15) is 43.8 Å². The number of anilines is 2. The van der Waals surface area contributed by atoms with Gasteiger partial charge in [-0.2, -0.15) is 0 Å². The van der Waals surface area contributed by atoms with Gasteiger partial charge in [0, 0.05) is 13.1 Å². The van der Waals surface area contributed by atoms with Crippen LogP contribution in [0.2, 0.25) is 0 Å². The van der Waals surface area contributed by atoms with Crippen molar-refractivity contribution >= 4 is 27.9 Å². The van der Waals surface area contributed by atoms with Crippen LogP contribution in [0.25, 0.3) is 0 Å². The molecule has 5 nitrogen and oxygen atoms in total. The molecule has 108 valence electrons. The number of nitrogens with two attached hydrogens (primary N) is 1. The van der Waals surface area contributed by atoms with E-state index in [2.05, 4.69) is 17.6 Å². The van der Waals surface area contributed by atoms with Gasteiger partial charge in [0.2, 0.25) is 0 Å². The Hall–Kier alpha value is -1.43. The number of carbonyl (C=O) groups is 1. The van der Waals surface area contributed by atoms with Crippen LogP contribution in [0, 0.1) is 0 Å². The molecule has 0 fully saturated rings. The van der Waals surface area contributed by atoms with Gasteiger partial charge >= 0.3 is 0 Å². The zero-order chi connectivity index (χ0) is 14.4. The van der Waals surface area contributed by atoms with Crippen LogP contribution in [-0.2, 0) is 0 Å². The highest BCUT2D eigenvalue weighted by molar-refractivity contribution is 7.19. The lowest BCUT2D eigenvalue weighted by Gasteiger charge is -2.12. The zero-order valence-electron chi connectivity index (χ0n) is 12.0. The molecule has 6 heteroatoms. The number of ether oxygens (including phenoxy) is 1. The minimum atomic E-state index is -0.150. The Morgan fingerprint density at radius 1 is 1.42 bits per heavy atom. The molecule has 0 bridgehead atoms. The second-order valence-corrected chi connectivity index (χ2v) is 5.48. The predicted octanol–water partition coefficient (Wildman–Crippen LogP) is 2.69. The first-order valence-electron chi connectivity index (χ1n) is 6.62. The van der Waals surface area contributed by atoms with E-state index in [0.717, 1.165) is 18.0 Å². The van der Waals surface area contributed by atoms with Gasteiger partial charge in [-0.05, 0) is 27.2 Å². The number of hydrogen-bond donors (Lipinski definition) is 3. The summed E-state index contributed by atoms with van der Waals surface area (Å²) in [5.41, 5.74) is 6.46. The minimum absolute atomic E-state index is 0.0150. The Morgan fingerprint density at radius 2 is 2.11 bits per heavy atom. The van der Waals surface area contributed by atoms with Crippen molar-refractivity contribution in [2.24, 2.45) is 0 Å². The molecule has 0 radical (unpaired) electrons. The summed E-state index contributed by atoms with van der Waals surface area (Å²) >= 11 is 1.34. The molecule has 0 aliphatic heterocycles. The molecule has 4 N–H and O–H groups in total. The molecule has 0 aliphatic carbocycles. The summed E-state index contributed by atoms with van der Waals surface area (Å²) in [4.78, 5) is 12.4. The molecular weight excluding hydrogens is 262 g/mol. The maximum Gasteiger partial charge on any atom is 0.263 e. The standard InChI is InChI=1S/C13H23N3O2S/c1-5-7-16-13-10(18-8(3)4)9(14)11(19-13)12(17)15-6-2/h8,16H,5-7,14H2,1-4H3,(H,15,17). The Morgan fingerprint density at radius 3 is 2.63 bits per heavy atom. The van der Waals surface area contributed by atoms with E-state index in [9.17, 15) is 4.79 Å². The summed E-state index contributed by atoms with van der Waals surface area (Å²) in [6.45, 7) is 9.23. The maximum atomic E-state index is 11.9. The molecule has 0 saturated carbocycles. The summed E-state index contributed by atoms with van der Waals surface area (Å²) in [6.07, 6.45) is 1.01. The van der Waals surface area contributed by atoms with Gasteiger partial charge in [0.05, 0.1) is 6.10 Å². The van der Waals surface area contributed by atoms with Crippen LogP contribution < -0.4 is 21.1 Å². The van der Waals surface area contributed by atoms with Gasteiger partial charge in [-0.3, -0.25) is 4.79 Å². The second-order valence-electron chi connectivity index (χ2n) is 4.46. The molecule has 0 spiro atoms. The van der Waals surface area contributed by atoms with E-state index in [1.54, 1.807) is 0 Å². The predicted molar refractivity (Wildman–Crippen MR) is 81.3 cm³/mol. The lowest BCUT2D eigenvalue weighted by Crippen LogP contribution is -2.22. The highest BCUT2D eigenvalue weighted by Gasteiger charge is 2.22. The van der Waals surface area contributed by atoms with E-state index in [1.165, 1.54) is 11.3 Å². The van der Waals surface area contributed by atoms with Gasteiger partial charge in [0.1, 0.15) is 15.6 Å². The summed E-state index contributed by atoms with van der Waals surface area (Å²) in [5.74, 6) is 0.442. The van der Waals surface area contributed by atoms with Crippen LogP contribution in [-0.4, -0.2) is 25.1 Å². The summed E-state index contributed by atoms with van der Waals surface area (Å²) in [7, 11) is 0. The number of nitrogen functional groups attached to an aromatic ring is 1. The number of nitrogens with one attached hydrogen (secondary N) is 2. The molecule has 1 heterocycles. The molecular formula is C13H23N3O2S. The number of rotatable bonds is 7. The van der Waals surface area contributed by atoms with Crippen molar-refractivity contribution in [3.63, 3.8) is 0 Å². The molecule has 0 aliphatic rings. The third-order valence-corrected chi connectivity index (χ3v) is 3.48. The Bertz CT molecular complexity index is 430. The third kappa shape index (κ3) is 4.02. The smallest absolute Gasteiger partial charge is 0.263 e. The van der Waals surface area contributed by atoms with Crippen molar-refractivity contribution in [3.05, 3.63) is 4.88 Å². The lowest BCUT2D eigenvalue weighted by molar-refractivity contribution is 0.0960. The quantitative estimate of drug-likeness (QED) is 0.720. The molecule has 0 aromatic carbocycles. The fraction of sp³-hybridized carbons (Fsp3) is 0.615. The topological polar surface area (TPSA) is 76.4 Å². The Balaban J connectivity index is 3.06. The summed E-state index contributed by atoms with van der Waals surface area (Å²) in [6, 6.07) is 0. The lowest BCUT2D eigenvalue weighted by atomic mass is 10.3. The number of carbonyl (C=O) groups excluding carboxylic acids is 1. The molecule has 0 saturated heterocycles. The van der Waals surface area contributed by atoms with Crippen molar-refractivity contribution in [3.8, 4) is 5.75 Å². The molecule has 19 heavy (non-hydrogen) atoms. The van der Waals surface area contributed by atoms with E-state index in [4.69, 9.17) is 10.5 Å². The van der Waals surface area contributed by atoms with E-state index in [1.807, 2.05) is 20.8 Å². The van der Waals surface area contributed by atoms with Gasteiger partial charge in [-0.25, -0.2) is 0 Å². The number of amides is 1. The van der Waals surface area contributed by atoms with Crippen LogP contribution in [0.5, 0.6) is 5.75 Å². The molecule has 1 aromatic rings. The van der Waals surface area contributed by atoms with Crippen LogP contribution >= 0.6 is 11.3 Å². The van der Waals surface area contributed by atoms with E-state index >= 15 is 0 Å². The summed E-state index contributed by atoms with van der Waals surface area (Å²) in [5, 5.41) is 6.85. The molecule has 0 unspecified atom stereocenters. The first-order valence-corrected chi connectivity index (χ1v) is 7.43. The van der Waals surface area contributed by atoms with Gasteiger partial charge in [0.15, 0.2) is 5.75 Å². The van der Waals surface area contributed by atoms with Crippen LogP contribution in [0.3, 0.4) is 0 Å². The van der Waals surface area contributed by atoms with E-state index < -0.39 is 0 Å². The average Bonchev–Trinajstić information content (AvgIpc) is 2.64. The first-order chi connectivity index (χ1) is 9.01. The number of hydrogen-bond acceptors (Lipinski definition) is 5. The second kappa shape index (κ2) is 7.23. The number of thiophene rings is 1. The van der Waals surface area contributed by atoms with Gasteiger partial charge in [-0.1, -0.05) is 6.92 Å². The van der Waals surface area contributed by atoms with Crippen LogP contribution in [0.4, 0.5) is 10.7 Å². The van der Waals surface area contributed by atoms with E-state index in [0.29, 0.717) is 22.9 Å². The third-order valence-electron chi connectivity index (χ3n) is 2.33. The van der Waals surface area contributed by atoms with Gasteiger partial charge in [0.25, 0.3) is 5.91 Å². The Labute approximate surface area is 118 Å². The average molecular weight is 285 g/mol. The minimum Gasteiger partial charge on any atom is -0.486 e. The fourth-order valence-electron chi connectivity index (χ4n) is 1.55. The van der Waals surface area contributed by atoms with Gasteiger partial charge in [-0.15, -0.1) is 11.3 Å². The maximum absolute atomic E-state index is 11.9. The van der Waals surface area contributed by atoms with Crippen molar-refractivity contribution in [1.82, 2.24) is 5.32 Å². The highest BCUT2D eigenvalue weighted by Crippen LogP contribution is 2.43. The zero-order valence-corrected chi connectivity index (χ0v) is 12.8. The van der Waals surface area contributed by atoms with Gasteiger partial charge < -0.3 is 21.1 Å². The van der Waals surface area contributed by atoms with Crippen LogP contribution in [0.15, 0.2) is 0 Å². The highest BCUT2D eigenvalue weighted by atomic mass is 32.1. The SMILES string of the molecule is CCCNc1sc(C(=O)NCC)c(N)c1OC(C)C. The van der Waals surface area contributed by atoms with Crippen molar-refractivity contribution < 1.29 is 9.53 Å². The molecule has 0 atom stereocenters. The van der Waals surface area contributed by atoms with Crippen molar-refractivity contribution in [2.45, 2.75) is 40.2 Å². The molecule has 1 rings (SSSR count). The molecule has 1 aromatic heterocycles. The van der Waals surface area contributed by atoms with E-state index in [-0.39, 0.29) is 12.0 Å². The first kappa shape index (κ1) is 15.6.